The Kier molecular flexibility index (Phi) is 7.17. The molecule has 1 amide bonds. The second-order valence-corrected chi connectivity index (χ2v) is 4.25. The minimum Gasteiger partial charge on any atom is -0.496 e. The lowest BCUT2D eigenvalue weighted by molar-refractivity contribution is -0.143. The van der Waals surface area contributed by atoms with Crippen molar-refractivity contribution < 1.29 is 19.1 Å². The van der Waals surface area contributed by atoms with Gasteiger partial charge in [0.2, 0.25) is 5.91 Å². The van der Waals surface area contributed by atoms with Gasteiger partial charge < -0.3 is 14.8 Å². The van der Waals surface area contributed by atoms with Gasteiger partial charge in [0.1, 0.15) is 5.75 Å². The van der Waals surface area contributed by atoms with Crippen molar-refractivity contribution in [3.8, 4) is 5.75 Å². The smallest absolute Gasteiger partial charge is 0.305 e. The van der Waals surface area contributed by atoms with Crippen molar-refractivity contribution >= 4 is 11.9 Å². The summed E-state index contributed by atoms with van der Waals surface area (Å²) in [6.45, 7) is 2.55. The van der Waals surface area contributed by atoms with Gasteiger partial charge in [-0.2, -0.15) is 0 Å². The Morgan fingerprint density at radius 1 is 1.20 bits per heavy atom. The van der Waals surface area contributed by atoms with Gasteiger partial charge in [0, 0.05) is 24.9 Å². The van der Waals surface area contributed by atoms with E-state index in [4.69, 9.17) is 9.47 Å². The summed E-state index contributed by atoms with van der Waals surface area (Å²) in [5.74, 6) is 0.407. The van der Waals surface area contributed by atoms with Crippen LogP contribution in [0.15, 0.2) is 24.3 Å². The SMILES string of the molecule is CCOC(=O)CCCC(=O)NCc1ccccc1OC. The summed E-state index contributed by atoms with van der Waals surface area (Å²) in [7, 11) is 1.60. The number of para-hydroxylation sites is 1. The number of hydrogen-bond acceptors (Lipinski definition) is 4. The molecule has 0 spiro atoms. The molecular formula is C15H21NO4. The summed E-state index contributed by atoms with van der Waals surface area (Å²) in [5, 5.41) is 2.81. The zero-order chi connectivity index (χ0) is 14.8. The minimum absolute atomic E-state index is 0.0831. The van der Waals surface area contributed by atoms with Gasteiger partial charge in [-0.1, -0.05) is 18.2 Å². The van der Waals surface area contributed by atoms with E-state index in [0.717, 1.165) is 11.3 Å². The van der Waals surface area contributed by atoms with Crippen molar-refractivity contribution in [1.82, 2.24) is 5.32 Å². The molecule has 0 atom stereocenters. The van der Waals surface area contributed by atoms with Crippen molar-refractivity contribution in [3.63, 3.8) is 0 Å². The highest BCUT2D eigenvalue weighted by Gasteiger charge is 2.07. The number of amides is 1. The van der Waals surface area contributed by atoms with Gasteiger partial charge in [-0.05, 0) is 19.4 Å². The number of rotatable bonds is 8. The zero-order valence-corrected chi connectivity index (χ0v) is 12.0. The highest BCUT2D eigenvalue weighted by molar-refractivity contribution is 5.77. The lowest BCUT2D eigenvalue weighted by Gasteiger charge is -2.09. The molecule has 1 N–H and O–H groups in total. The first-order chi connectivity index (χ1) is 9.67. The molecule has 0 heterocycles. The summed E-state index contributed by atoms with van der Waals surface area (Å²) in [4.78, 5) is 22.8. The first kappa shape index (κ1) is 16.0. The largest absolute Gasteiger partial charge is 0.496 e. The zero-order valence-electron chi connectivity index (χ0n) is 12.0. The van der Waals surface area contributed by atoms with Gasteiger partial charge in [0.25, 0.3) is 0 Å². The van der Waals surface area contributed by atoms with Gasteiger partial charge in [0.15, 0.2) is 0 Å². The Morgan fingerprint density at radius 3 is 2.65 bits per heavy atom. The van der Waals surface area contributed by atoms with Gasteiger partial charge in [0.05, 0.1) is 13.7 Å². The fraction of sp³-hybridized carbons (Fsp3) is 0.467. The number of ether oxygens (including phenoxy) is 2. The van der Waals surface area contributed by atoms with Crippen molar-refractivity contribution in [2.75, 3.05) is 13.7 Å². The highest BCUT2D eigenvalue weighted by atomic mass is 16.5. The molecule has 0 unspecified atom stereocenters. The molecular weight excluding hydrogens is 258 g/mol. The fourth-order valence-electron chi connectivity index (χ4n) is 1.76. The van der Waals surface area contributed by atoms with E-state index in [0.29, 0.717) is 26.0 Å². The Bertz CT molecular complexity index is 445. The minimum atomic E-state index is -0.259. The Hall–Kier alpha value is -2.04. The maximum Gasteiger partial charge on any atom is 0.305 e. The van der Waals surface area contributed by atoms with Crippen molar-refractivity contribution in [1.29, 1.82) is 0 Å². The molecule has 1 rings (SSSR count). The fourth-order valence-corrected chi connectivity index (χ4v) is 1.76. The molecule has 0 aliphatic heterocycles. The summed E-state index contributed by atoms with van der Waals surface area (Å²) in [5.41, 5.74) is 0.925. The monoisotopic (exact) mass is 279 g/mol. The Morgan fingerprint density at radius 2 is 1.95 bits per heavy atom. The molecule has 0 aliphatic carbocycles. The van der Waals surface area contributed by atoms with E-state index in [9.17, 15) is 9.59 Å². The van der Waals surface area contributed by atoms with E-state index in [1.165, 1.54) is 0 Å². The third kappa shape index (κ3) is 5.73. The maximum atomic E-state index is 11.7. The number of benzene rings is 1. The average Bonchev–Trinajstić information content (AvgIpc) is 2.45. The summed E-state index contributed by atoms with van der Waals surface area (Å²) < 4.78 is 10.0. The summed E-state index contributed by atoms with van der Waals surface area (Å²) in [6, 6.07) is 7.52. The summed E-state index contributed by atoms with van der Waals surface area (Å²) in [6.07, 6.45) is 1.08. The van der Waals surface area contributed by atoms with E-state index in [2.05, 4.69) is 5.32 Å². The first-order valence-electron chi connectivity index (χ1n) is 6.71. The second-order valence-electron chi connectivity index (χ2n) is 4.25. The van der Waals surface area contributed by atoms with Crippen LogP contribution < -0.4 is 10.1 Å². The predicted octanol–water partition coefficient (Wildman–Crippen LogP) is 2.04. The van der Waals surface area contributed by atoms with E-state index < -0.39 is 0 Å². The molecule has 110 valence electrons. The van der Waals surface area contributed by atoms with E-state index >= 15 is 0 Å². The Balaban J connectivity index is 2.28. The third-order valence-corrected chi connectivity index (χ3v) is 2.76. The maximum absolute atomic E-state index is 11.7. The van der Waals surface area contributed by atoms with Crippen LogP contribution in [0.5, 0.6) is 5.75 Å². The Labute approximate surface area is 119 Å². The quantitative estimate of drug-likeness (QED) is 0.740. The molecule has 0 aliphatic rings. The molecule has 1 aromatic rings. The van der Waals surface area contributed by atoms with Gasteiger partial charge in [-0.3, -0.25) is 9.59 Å². The van der Waals surface area contributed by atoms with Crippen molar-refractivity contribution in [2.45, 2.75) is 32.7 Å². The molecule has 1 aromatic carbocycles. The standard InChI is InChI=1S/C15H21NO4/c1-3-20-15(18)10-6-9-14(17)16-11-12-7-4-5-8-13(12)19-2/h4-5,7-8H,3,6,9-11H2,1-2H3,(H,16,17). The van der Waals surface area contributed by atoms with Crippen LogP contribution in [0.4, 0.5) is 0 Å². The van der Waals surface area contributed by atoms with Crippen LogP contribution in [-0.4, -0.2) is 25.6 Å². The average molecular weight is 279 g/mol. The molecule has 0 fully saturated rings. The van der Waals surface area contributed by atoms with Gasteiger partial charge in [-0.15, -0.1) is 0 Å². The lowest BCUT2D eigenvalue weighted by atomic mass is 10.2. The molecule has 0 bridgehead atoms. The number of methoxy groups -OCH3 is 1. The molecule has 20 heavy (non-hydrogen) atoms. The number of carbonyl (C=O) groups is 2. The normalized spacial score (nSPS) is 9.90. The van der Waals surface area contributed by atoms with E-state index in [1.807, 2.05) is 24.3 Å². The van der Waals surface area contributed by atoms with Crippen LogP contribution in [-0.2, 0) is 20.9 Å². The molecule has 0 radical (unpaired) electrons. The van der Waals surface area contributed by atoms with Crippen LogP contribution in [0.1, 0.15) is 31.7 Å². The van der Waals surface area contributed by atoms with Gasteiger partial charge >= 0.3 is 5.97 Å². The predicted molar refractivity (Wildman–Crippen MR) is 75.3 cm³/mol. The van der Waals surface area contributed by atoms with Crippen LogP contribution in [0, 0.1) is 0 Å². The summed E-state index contributed by atoms with van der Waals surface area (Å²) >= 11 is 0. The molecule has 5 nitrogen and oxygen atoms in total. The van der Waals surface area contributed by atoms with E-state index in [1.54, 1.807) is 14.0 Å². The first-order valence-corrected chi connectivity index (χ1v) is 6.71. The van der Waals surface area contributed by atoms with Crippen molar-refractivity contribution in [2.24, 2.45) is 0 Å². The van der Waals surface area contributed by atoms with Crippen molar-refractivity contribution in [3.05, 3.63) is 29.8 Å². The molecule has 0 aromatic heterocycles. The lowest BCUT2D eigenvalue weighted by Crippen LogP contribution is -2.23. The van der Waals surface area contributed by atoms with Crippen LogP contribution in [0.25, 0.3) is 0 Å². The van der Waals surface area contributed by atoms with Crippen LogP contribution in [0.2, 0.25) is 0 Å². The number of nitrogens with one attached hydrogen (secondary N) is 1. The van der Waals surface area contributed by atoms with E-state index in [-0.39, 0.29) is 18.3 Å². The molecule has 0 saturated carbocycles. The molecule has 0 saturated heterocycles. The molecule has 5 heteroatoms. The number of esters is 1. The van der Waals surface area contributed by atoms with Crippen LogP contribution in [0.3, 0.4) is 0 Å². The van der Waals surface area contributed by atoms with Gasteiger partial charge in [-0.25, -0.2) is 0 Å². The number of hydrogen-bond donors (Lipinski definition) is 1. The topological polar surface area (TPSA) is 64.6 Å². The second kappa shape index (κ2) is 8.96. The highest BCUT2D eigenvalue weighted by Crippen LogP contribution is 2.16. The third-order valence-electron chi connectivity index (χ3n) is 2.76. The van der Waals surface area contributed by atoms with Crippen LogP contribution >= 0.6 is 0 Å². The number of carbonyl (C=O) groups excluding carboxylic acids is 2.